The predicted octanol–water partition coefficient (Wildman–Crippen LogP) is 1.50. The maximum atomic E-state index is 12.8. The summed E-state index contributed by atoms with van der Waals surface area (Å²) >= 11 is 0. The predicted molar refractivity (Wildman–Crippen MR) is 95.1 cm³/mol. The fourth-order valence-electron chi connectivity index (χ4n) is 2.97. The van der Waals surface area contributed by atoms with Gasteiger partial charge in [0.2, 0.25) is 11.8 Å². The van der Waals surface area contributed by atoms with E-state index in [-0.39, 0.29) is 11.9 Å². The van der Waals surface area contributed by atoms with E-state index in [2.05, 4.69) is 15.0 Å². The van der Waals surface area contributed by atoms with Crippen molar-refractivity contribution in [3.05, 3.63) is 36.0 Å². The lowest BCUT2D eigenvalue weighted by molar-refractivity contribution is -0.125. The lowest BCUT2D eigenvalue weighted by Gasteiger charge is -2.38. The highest BCUT2D eigenvalue weighted by atomic mass is 16.5. The summed E-state index contributed by atoms with van der Waals surface area (Å²) < 4.78 is 15.5. The highest BCUT2D eigenvalue weighted by molar-refractivity contribution is 5.97. The first kappa shape index (κ1) is 18.3. The number of rotatable bonds is 7. The number of piperazine rings is 1. The molecule has 3 rings (SSSR count). The molecule has 0 saturated carbocycles. The molecule has 0 aliphatic carbocycles. The molecule has 1 aliphatic heterocycles. The first-order chi connectivity index (χ1) is 12.6. The van der Waals surface area contributed by atoms with E-state index >= 15 is 0 Å². The Hall–Kier alpha value is -2.45. The zero-order chi connectivity index (χ0) is 18.5. The molecule has 1 amide bonds. The summed E-state index contributed by atoms with van der Waals surface area (Å²) in [4.78, 5) is 21.0. The van der Waals surface area contributed by atoms with E-state index in [1.165, 1.54) is 0 Å². The molecule has 0 spiro atoms. The van der Waals surface area contributed by atoms with Gasteiger partial charge in [0.25, 0.3) is 0 Å². The molecule has 1 atom stereocenters. The van der Waals surface area contributed by atoms with Gasteiger partial charge in [-0.25, -0.2) is 0 Å². The van der Waals surface area contributed by atoms with Gasteiger partial charge in [0.05, 0.1) is 26.3 Å². The Morgan fingerprint density at radius 2 is 2.00 bits per heavy atom. The number of hydrogen-bond acceptors (Lipinski definition) is 7. The highest BCUT2D eigenvalue weighted by Gasteiger charge is 2.33. The maximum absolute atomic E-state index is 12.8. The van der Waals surface area contributed by atoms with Crippen LogP contribution in [0, 0.1) is 0 Å². The van der Waals surface area contributed by atoms with Crippen LogP contribution in [0.1, 0.15) is 18.6 Å². The van der Waals surface area contributed by atoms with E-state index < -0.39 is 0 Å². The minimum absolute atomic E-state index is 0.0561. The van der Waals surface area contributed by atoms with E-state index in [4.69, 9.17) is 14.0 Å². The van der Waals surface area contributed by atoms with Crippen LogP contribution in [0.25, 0.3) is 0 Å². The van der Waals surface area contributed by atoms with Gasteiger partial charge >= 0.3 is 0 Å². The van der Waals surface area contributed by atoms with Crippen LogP contribution in [0.4, 0.5) is 5.69 Å². The number of aromatic nitrogens is 2. The molecule has 1 aliphatic rings. The first-order valence-electron chi connectivity index (χ1n) is 8.62. The number of hydrogen-bond donors (Lipinski definition) is 0. The van der Waals surface area contributed by atoms with Gasteiger partial charge in [-0.3, -0.25) is 9.69 Å². The molecule has 8 nitrogen and oxygen atoms in total. The summed E-state index contributed by atoms with van der Waals surface area (Å²) in [7, 11) is 3.26. The molecule has 2 aromatic rings. The second-order valence-corrected chi connectivity index (χ2v) is 6.18. The number of nitrogens with zero attached hydrogens (tertiary/aromatic N) is 4. The van der Waals surface area contributed by atoms with E-state index in [0.717, 1.165) is 18.0 Å². The third-order valence-electron chi connectivity index (χ3n) is 4.54. The third-order valence-corrected chi connectivity index (χ3v) is 4.54. The Morgan fingerprint density at radius 3 is 2.69 bits per heavy atom. The molecule has 0 radical (unpaired) electrons. The third kappa shape index (κ3) is 4.03. The summed E-state index contributed by atoms with van der Waals surface area (Å²) in [5.74, 6) is 1.97. The molecule has 0 unspecified atom stereocenters. The summed E-state index contributed by atoms with van der Waals surface area (Å²) in [6.45, 7) is 4.26. The Kier molecular flexibility index (Phi) is 5.85. The Bertz CT molecular complexity index is 731. The summed E-state index contributed by atoms with van der Waals surface area (Å²) in [5.41, 5.74) is 0.877. The molecule has 0 N–H and O–H groups in total. The van der Waals surface area contributed by atoms with Crippen LogP contribution in [0.5, 0.6) is 5.75 Å². The lowest BCUT2D eigenvalue weighted by Crippen LogP contribution is -2.55. The molecule has 0 bridgehead atoms. The van der Waals surface area contributed by atoms with Crippen LogP contribution >= 0.6 is 0 Å². The van der Waals surface area contributed by atoms with Crippen molar-refractivity contribution in [1.29, 1.82) is 0 Å². The van der Waals surface area contributed by atoms with E-state index in [1.54, 1.807) is 19.1 Å². The second-order valence-electron chi connectivity index (χ2n) is 6.18. The zero-order valence-corrected chi connectivity index (χ0v) is 15.3. The minimum atomic E-state index is -0.264. The normalized spacial score (nSPS) is 18.3. The van der Waals surface area contributed by atoms with Gasteiger partial charge in [-0.05, 0) is 31.2 Å². The average Bonchev–Trinajstić information content (AvgIpc) is 3.11. The van der Waals surface area contributed by atoms with Crippen molar-refractivity contribution < 1.29 is 18.8 Å². The first-order valence-corrected chi connectivity index (χ1v) is 8.62. The van der Waals surface area contributed by atoms with Gasteiger partial charge in [0.1, 0.15) is 5.75 Å². The van der Waals surface area contributed by atoms with Crippen molar-refractivity contribution in [1.82, 2.24) is 15.0 Å². The molecule has 8 heteroatoms. The van der Waals surface area contributed by atoms with Crippen molar-refractivity contribution in [3.63, 3.8) is 0 Å². The summed E-state index contributed by atoms with van der Waals surface area (Å²) in [6, 6.07) is 7.26. The maximum Gasteiger partial charge on any atom is 0.244 e. The summed E-state index contributed by atoms with van der Waals surface area (Å²) in [6.07, 6.45) is 0.611. The largest absolute Gasteiger partial charge is 0.497 e. The SMILES string of the molecule is COCCc1noc(CN2CCN(c3ccc(OC)cc3)C(=O)[C@@H]2C)n1. The van der Waals surface area contributed by atoms with E-state index in [9.17, 15) is 4.79 Å². The number of benzene rings is 1. The van der Waals surface area contributed by atoms with Crippen molar-refractivity contribution in [2.24, 2.45) is 0 Å². The van der Waals surface area contributed by atoms with Crippen molar-refractivity contribution in [2.75, 3.05) is 38.8 Å². The topological polar surface area (TPSA) is 80.9 Å². The van der Waals surface area contributed by atoms with Gasteiger partial charge in [-0.1, -0.05) is 5.16 Å². The van der Waals surface area contributed by atoms with Crippen LogP contribution in [0.3, 0.4) is 0 Å². The Balaban J connectivity index is 1.62. The van der Waals surface area contributed by atoms with Gasteiger partial charge in [-0.2, -0.15) is 4.98 Å². The number of methoxy groups -OCH3 is 2. The van der Waals surface area contributed by atoms with Crippen LogP contribution < -0.4 is 9.64 Å². The number of carbonyl (C=O) groups is 1. The van der Waals surface area contributed by atoms with E-state index in [0.29, 0.717) is 37.8 Å². The van der Waals surface area contributed by atoms with Crippen LogP contribution in [0.15, 0.2) is 28.8 Å². The standard InChI is InChI=1S/C18H24N4O4/c1-13-18(23)22(14-4-6-15(25-3)7-5-14)10-9-21(13)12-17-19-16(20-26-17)8-11-24-2/h4-7,13H,8-12H2,1-3H3/t13-/m0/s1. The van der Waals surface area contributed by atoms with Crippen LogP contribution in [-0.2, 0) is 22.5 Å². The average molecular weight is 360 g/mol. The molecule has 1 fully saturated rings. The smallest absolute Gasteiger partial charge is 0.244 e. The molecule has 2 heterocycles. The molecular formula is C18H24N4O4. The quantitative estimate of drug-likeness (QED) is 0.740. The van der Waals surface area contributed by atoms with Crippen LogP contribution in [0.2, 0.25) is 0 Å². The van der Waals surface area contributed by atoms with E-state index in [1.807, 2.05) is 31.2 Å². The molecule has 1 aromatic carbocycles. The fourth-order valence-corrected chi connectivity index (χ4v) is 2.97. The van der Waals surface area contributed by atoms with Gasteiger partial charge in [0, 0.05) is 32.3 Å². The van der Waals surface area contributed by atoms with Crippen molar-refractivity contribution in [3.8, 4) is 5.75 Å². The molecule has 1 saturated heterocycles. The van der Waals surface area contributed by atoms with Crippen molar-refractivity contribution in [2.45, 2.75) is 25.9 Å². The monoisotopic (exact) mass is 360 g/mol. The molecular weight excluding hydrogens is 336 g/mol. The minimum Gasteiger partial charge on any atom is -0.497 e. The molecule has 140 valence electrons. The van der Waals surface area contributed by atoms with Gasteiger partial charge < -0.3 is 18.9 Å². The van der Waals surface area contributed by atoms with Crippen molar-refractivity contribution >= 4 is 11.6 Å². The molecule has 26 heavy (non-hydrogen) atoms. The highest BCUT2D eigenvalue weighted by Crippen LogP contribution is 2.23. The van der Waals surface area contributed by atoms with Gasteiger partial charge in [0.15, 0.2) is 5.82 Å². The fraction of sp³-hybridized carbons (Fsp3) is 0.500. The Labute approximate surface area is 152 Å². The van der Waals surface area contributed by atoms with Gasteiger partial charge in [-0.15, -0.1) is 0 Å². The second kappa shape index (κ2) is 8.29. The number of carbonyl (C=O) groups excluding carboxylic acids is 1. The Morgan fingerprint density at radius 1 is 1.23 bits per heavy atom. The van der Waals surface area contributed by atoms with Crippen LogP contribution in [-0.4, -0.2) is 60.9 Å². The molecule has 1 aromatic heterocycles. The number of amides is 1. The zero-order valence-electron chi connectivity index (χ0n) is 15.3. The number of anilines is 1. The summed E-state index contributed by atoms with van der Waals surface area (Å²) in [5, 5.41) is 3.94. The number of ether oxygens (including phenoxy) is 2. The lowest BCUT2D eigenvalue weighted by atomic mass is 10.1.